The molecule has 0 atom stereocenters. The molecule has 0 aliphatic carbocycles. The van der Waals surface area contributed by atoms with Gasteiger partial charge in [-0.1, -0.05) is 0 Å². The Kier molecular flexibility index (Phi) is 3.62. The molecule has 0 unspecified atom stereocenters. The summed E-state index contributed by atoms with van der Waals surface area (Å²) in [4.78, 5) is 11.8. The minimum absolute atomic E-state index is 0.0208. The Bertz CT molecular complexity index is 526. The molecule has 17 heavy (non-hydrogen) atoms. The Morgan fingerprint density at radius 2 is 2.29 bits per heavy atom. The van der Waals surface area contributed by atoms with Crippen LogP contribution in [-0.4, -0.2) is 21.2 Å². The second-order valence-electron chi connectivity index (χ2n) is 3.43. The number of amides is 1. The number of hydrogen-bond donors (Lipinski definition) is 3. The van der Waals surface area contributed by atoms with E-state index in [1.54, 1.807) is 24.4 Å². The minimum Gasteiger partial charge on any atom is -0.507 e. The van der Waals surface area contributed by atoms with Gasteiger partial charge in [-0.3, -0.25) is 9.89 Å². The molecule has 1 amide bonds. The molecule has 0 fully saturated rings. The van der Waals surface area contributed by atoms with Crippen molar-refractivity contribution in [2.45, 2.75) is 6.54 Å². The molecule has 1 aromatic heterocycles. The van der Waals surface area contributed by atoms with Crippen LogP contribution in [0.2, 0.25) is 0 Å². The van der Waals surface area contributed by atoms with E-state index in [0.717, 1.165) is 9.26 Å². The highest BCUT2D eigenvalue weighted by atomic mass is 127. The Morgan fingerprint density at radius 1 is 1.47 bits per heavy atom. The molecule has 2 rings (SSSR count). The SMILES string of the molecule is O=C(NCc1ccn[nH]1)c1cc(I)ccc1O. The largest absolute Gasteiger partial charge is 0.507 e. The van der Waals surface area contributed by atoms with Crippen LogP contribution in [-0.2, 0) is 6.54 Å². The van der Waals surface area contributed by atoms with Crippen molar-refractivity contribution in [1.29, 1.82) is 0 Å². The van der Waals surface area contributed by atoms with Gasteiger partial charge in [-0.15, -0.1) is 0 Å². The number of rotatable bonds is 3. The number of hydrogen-bond acceptors (Lipinski definition) is 3. The highest BCUT2D eigenvalue weighted by Gasteiger charge is 2.11. The first-order valence-electron chi connectivity index (χ1n) is 4.92. The summed E-state index contributed by atoms with van der Waals surface area (Å²) >= 11 is 2.09. The van der Waals surface area contributed by atoms with Crippen molar-refractivity contribution in [3.05, 3.63) is 45.3 Å². The first-order valence-corrected chi connectivity index (χ1v) is 5.99. The number of aromatic nitrogens is 2. The van der Waals surface area contributed by atoms with Crippen molar-refractivity contribution < 1.29 is 9.90 Å². The van der Waals surface area contributed by atoms with Gasteiger partial charge in [0.2, 0.25) is 0 Å². The van der Waals surface area contributed by atoms with Gasteiger partial charge in [0.15, 0.2) is 0 Å². The Labute approximate surface area is 111 Å². The van der Waals surface area contributed by atoms with Crippen LogP contribution in [0.1, 0.15) is 16.1 Å². The molecule has 0 bridgehead atoms. The molecule has 0 spiro atoms. The lowest BCUT2D eigenvalue weighted by Crippen LogP contribution is -2.23. The van der Waals surface area contributed by atoms with Crippen LogP contribution in [0.3, 0.4) is 0 Å². The third kappa shape index (κ3) is 2.96. The number of phenols is 1. The van der Waals surface area contributed by atoms with Crippen molar-refractivity contribution in [2.75, 3.05) is 0 Å². The number of nitrogens with one attached hydrogen (secondary N) is 2. The van der Waals surface area contributed by atoms with Gasteiger partial charge in [-0.2, -0.15) is 5.10 Å². The van der Waals surface area contributed by atoms with Crippen molar-refractivity contribution in [1.82, 2.24) is 15.5 Å². The summed E-state index contributed by atoms with van der Waals surface area (Å²) < 4.78 is 0.895. The topological polar surface area (TPSA) is 78.0 Å². The predicted octanol–water partition coefficient (Wildman–Crippen LogP) is 1.65. The number of halogens is 1. The van der Waals surface area contributed by atoms with Crippen LogP contribution in [0.15, 0.2) is 30.5 Å². The van der Waals surface area contributed by atoms with E-state index in [0.29, 0.717) is 6.54 Å². The van der Waals surface area contributed by atoms with Gasteiger partial charge in [-0.25, -0.2) is 0 Å². The maximum atomic E-state index is 11.8. The smallest absolute Gasteiger partial charge is 0.255 e. The molecule has 3 N–H and O–H groups in total. The summed E-state index contributed by atoms with van der Waals surface area (Å²) in [5.74, 6) is -0.330. The first-order chi connectivity index (χ1) is 8.16. The lowest BCUT2D eigenvalue weighted by atomic mass is 10.2. The second kappa shape index (κ2) is 5.17. The van der Waals surface area contributed by atoms with Crippen LogP contribution in [0.4, 0.5) is 0 Å². The van der Waals surface area contributed by atoms with Gasteiger partial charge in [0, 0.05) is 9.77 Å². The van der Waals surface area contributed by atoms with E-state index in [1.807, 2.05) is 0 Å². The van der Waals surface area contributed by atoms with E-state index in [4.69, 9.17) is 0 Å². The van der Waals surface area contributed by atoms with E-state index in [1.165, 1.54) is 6.07 Å². The fourth-order valence-corrected chi connectivity index (χ4v) is 1.84. The fraction of sp³-hybridized carbons (Fsp3) is 0.0909. The van der Waals surface area contributed by atoms with Crippen LogP contribution in [0, 0.1) is 3.57 Å². The Hall–Kier alpha value is -1.57. The molecule has 0 saturated carbocycles. The highest BCUT2D eigenvalue weighted by Crippen LogP contribution is 2.19. The molecule has 1 aromatic carbocycles. The number of H-pyrrole nitrogens is 1. The zero-order valence-corrected chi connectivity index (χ0v) is 10.9. The quantitative estimate of drug-likeness (QED) is 0.742. The summed E-state index contributed by atoms with van der Waals surface area (Å²) in [5, 5.41) is 18.8. The molecule has 0 aliphatic rings. The maximum Gasteiger partial charge on any atom is 0.255 e. The first kappa shape index (κ1) is 11.9. The van der Waals surface area contributed by atoms with Gasteiger partial charge < -0.3 is 10.4 Å². The number of benzene rings is 1. The van der Waals surface area contributed by atoms with Gasteiger partial charge in [0.05, 0.1) is 17.8 Å². The second-order valence-corrected chi connectivity index (χ2v) is 4.67. The van der Waals surface area contributed by atoms with E-state index in [2.05, 4.69) is 38.1 Å². The maximum absolute atomic E-state index is 11.8. The van der Waals surface area contributed by atoms with E-state index < -0.39 is 0 Å². The van der Waals surface area contributed by atoms with Crippen molar-refractivity contribution in [3.8, 4) is 5.75 Å². The molecular formula is C11H10IN3O2. The number of phenolic OH excluding ortho intramolecular Hbond substituents is 1. The Morgan fingerprint density at radius 3 is 3.00 bits per heavy atom. The molecule has 0 aliphatic heterocycles. The zero-order chi connectivity index (χ0) is 12.3. The van der Waals surface area contributed by atoms with Crippen molar-refractivity contribution >= 4 is 28.5 Å². The predicted molar refractivity (Wildman–Crippen MR) is 70.6 cm³/mol. The number of carbonyl (C=O) groups excluding carboxylic acids is 1. The fourth-order valence-electron chi connectivity index (χ4n) is 1.34. The van der Waals surface area contributed by atoms with Crippen molar-refractivity contribution in [2.24, 2.45) is 0 Å². The third-order valence-electron chi connectivity index (χ3n) is 2.20. The summed E-state index contributed by atoms with van der Waals surface area (Å²) in [5.41, 5.74) is 1.08. The van der Waals surface area contributed by atoms with E-state index in [-0.39, 0.29) is 17.2 Å². The number of aromatic hydroxyl groups is 1. The molecular weight excluding hydrogens is 333 g/mol. The summed E-state index contributed by atoms with van der Waals surface area (Å²) in [6.45, 7) is 0.351. The lowest BCUT2D eigenvalue weighted by Gasteiger charge is -2.06. The van der Waals surface area contributed by atoms with Gasteiger partial charge >= 0.3 is 0 Å². The number of carbonyl (C=O) groups is 1. The summed E-state index contributed by atoms with van der Waals surface area (Å²) in [6, 6.07) is 6.65. The molecule has 6 heteroatoms. The average Bonchev–Trinajstić information content (AvgIpc) is 2.82. The molecule has 1 heterocycles. The van der Waals surface area contributed by atoms with Crippen LogP contribution >= 0.6 is 22.6 Å². The standard InChI is InChI=1S/C11H10IN3O2/c12-7-1-2-10(16)9(5-7)11(17)13-6-8-3-4-14-15-8/h1-5,16H,6H2,(H,13,17)(H,14,15). The van der Waals surface area contributed by atoms with Crippen LogP contribution in [0.5, 0.6) is 5.75 Å². The monoisotopic (exact) mass is 343 g/mol. The van der Waals surface area contributed by atoms with E-state index in [9.17, 15) is 9.90 Å². The lowest BCUT2D eigenvalue weighted by molar-refractivity contribution is 0.0947. The summed E-state index contributed by atoms with van der Waals surface area (Å²) in [7, 11) is 0. The average molecular weight is 343 g/mol. The third-order valence-corrected chi connectivity index (χ3v) is 2.87. The molecule has 88 valence electrons. The zero-order valence-electron chi connectivity index (χ0n) is 8.77. The van der Waals surface area contributed by atoms with Crippen molar-refractivity contribution in [3.63, 3.8) is 0 Å². The Balaban J connectivity index is 2.07. The number of nitrogens with zero attached hydrogens (tertiary/aromatic N) is 1. The van der Waals surface area contributed by atoms with Crippen LogP contribution < -0.4 is 5.32 Å². The minimum atomic E-state index is -0.310. The van der Waals surface area contributed by atoms with E-state index >= 15 is 0 Å². The van der Waals surface area contributed by atoms with Gasteiger partial charge in [0.25, 0.3) is 5.91 Å². The van der Waals surface area contributed by atoms with Gasteiger partial charge in [-0.05, 0) is 46.9 Å². The normalized spacial score (nSPS) is 10.2. The van der Waals surface area contributed by atoms with Gasteiger partial charge in [0.1, 0.15) is 5.75 Å². The number of aromatic amines is 1. The molecule has 0 radical (unpaired) electrons. The highest BCUT2D eigenvalue weighted by molar-refractivity contribution is 14.1. The molecule has 2 aromatic rings. The molecule has 5 nitrogen and oxygen atoms in total. The molecule has 0 saturated heterocycles. The van der Waals surface area contributed by atoms with Crippen LogP contribution in [0.25, 0.3) is 0 Å². The summed E-state index contributed by atoms with van der Waals surface area (Å²) in [6.07, 6.45) is 1.62.